The first-order valence-corrected chi connectivity index (χ1v) is 13.8. The van der Waals surface area contributed by atoms with Crippen LogP contribution in [0.2, 0.25) is 10.0 Å². The van der Waals surface area contributed by atoms with Crippen LogP contribution in [0.3, 0.4) is 0 Å². The van der Waals surface area contributed by atoms with E-state index in [0.29, 0.717) is 34.3 Å². The molecule has 0 unspecified atom stereocenters. The molecule has 0 aliphatic carbocycles. The van der Waals surface area contributed by atoms with Crippen molar-refractivity contribution in [1.82, 2.24) is 9.88 Å². The molecule has 6 nitrogen and oxygen atoms in total. The van der Waals surface area contributed by atoms with Crippen molar-refractivity contribution in [1.29, 1.82) is 0 Å². The number of piperidine rings is 1. The van der Waals surface area contributed by atoms with E-state index in [1.54, 1.807) is 45.0 Å². The molecule has 0 radical (unpaired) electrons. The molecule has 1 amide bonds. The number of carbonyl (C=O) groups excluding carboxylic acids is 1. The molecule has 0 spiro atoms. The molecule has 1 fully saturated rings. The number of benzene rings is 2. The first-order chi connectivity index (χ1) is 18.3. The van der Waals surface area contributed by atoms with E-state index in [9.17, 15) is 19.8 Å². The Balaban J connectivity index is 1.97. The summed E-state index contributed by atoms with van der Waals surface area (Å²) in [7, 11) is 0. The molecular weight excluding hydrogens is 535 g/mol. The van der Waals surface area contributed by atoms with Crippen LogP contribution in [0.4, 0.5) is 0 Å². The average Bonchev–Trinajstić information content (AvgIpc) is 2.87. The smallest absolute Gasteiger partial charge is 0.304 e. The van der Waals surface area contributed by atoms with Crippen LogP contribution in [-0.4, -0.2) is 32.0 Å². The topological polar surface area (TPSA) is 90.7 Å². The maximum atomic E-state index is 14.5. The Bertz CT molecular complexity index is 1360. The Hall–Kier alpha value is -2.93. The molecular formula is C31H34Cl2N2O4. The molecule has 1 aliphatic rings. The zero-order chi connectivity index (χ0) is 28.5. The van der Waals surface area contributed by atoms with Crippen LogP contribution >= 0.6 is 23.2 Å². The Labute approximate surface area is 239 Å². The van der Waals surface area contributed by atoms with Gasteiger partial charge in [0, 0.05) is 16.0 Å². The second-order valence-corrected chi connectivity index (χ2v) is 12.0. The average molecular weight is 570 g/mol. The Morgan fingerprint density at radius 1 is 1.08 bits per heavy atom. The maximum Gasteiger partial charge on any atom is 0.304 e. The second kappa shape index (κ2) is 11.3. The van der Waals surface area contributed by atoms with Crippen LogP contribution in [-0.2, 0) is 15.2 Å². The van der Waals surface area contributed by atoms with Crippen LogP contribution in [0.15, 0.2) is 66.7 Å². The highest BCUT2D eigenvalue weighted by molar-refractivity contribution is 6.30. The van der Waals surface area contributed by atoms with Gasteiger partial charge in [-0.3, -0.25) is 14.6 Å². The number of aliphatic carboxylic acids is 1. The predicted molar refractivity (Wildman–Crippen MR) is 153 cm³/mol. The van der Waals surface area contributed by atoms with Gasteiger partial charge >= 0.3 is 5.97 Å². The summed E-state index contributed by atoms with van der Waals surface area (Å²) in [6, 6.07) is 19.5. The fourth-order valence-electron chi connectivity index (χ4n) is 5.75. The highest BCUT2D eigenvalue weighted by Gasteiger charge is 2.52. The Kier molecular flexibility index (Phi) is 8.41. The number of likely N-dealkylation sites (tertiary alicyclic amines) is 1. The number of aromatic nitrogens is 1. The monoisotopic (exact) mass is 568 g/mol. The van der Waals surface area contributed by atoms with E-state index in [0.717, 1.165) is 11.1 Å². The number of amides is 1. The van der Waals surface area contributed by atoms with Crippen molar-refractivity contribution in [3.05, 3.63) is 99.3 Å². The van der Waals surface area contributed by atoms with Gasteiger partial charge in [0.25, 0.3) is 0 Å². The largest absolute Gasteiger partial charge is 0.481 e. The van der Waals surface area contributed by atoms with Gasteiger partial charge in [0.15, 0.2) is 0 Å². The van der Waals surface area contributed by atoms with E-state index in [1.165, 1.54) is 0 Å². The number of carboxylic acids is 1. The molecule has 2 heterocycles. The fraction of sp³-hybridized carbons (Fsp3) is 0.387. The van der Waals surface area contributed by atoms with Crippen LogP contribution in [0.5, 0.6) is 0 Å². The van der Waals surface area contributed by atoms with Crippen LogP contribution in [0.1, 0.15) is 87.5 Å². The minimum absolute atomic E-state index is 0.245. The van der Waals surface area contributed by atoms with Gasteiger partial charge in [-0.2, -0.15) is 0 Å². The number of carbonyl (C=O) groups is 2. The summed E-state index contributed by atoms with van der Waals surface area (Å²) in [4.78, 5) is 33.1. The van der Waals surface area contributed by atoms with Gasteiger partial charge in [-0.25, -0.2) is 0 Å². The molecule has 1 aliphatic heterocycles. The molecule has 1 aromatic heterocycles. The maximum absolute atomic E-state index is 14.5. The SMILES string of the molecule is CC[C@H](c1cccc(C(C)(C)O)n1)N1C(=O)[C@@](C)(CC(=O)O)C[C@H](c2cccc(Cl)c2)[C@H]1c1ccc(Cl)cc1. The van der Waals surface area contributed by atoms with E-state index in [4.69, 9.17) is 28.2 Å². The van der Waals surface area contributed by atoms with E-state index >= 15 is 0 Å². The summed E-state index contributed by atoms with van der Waals surface area (Å²) in [5.41, 5.74) is 0.594. The van der Waals surface area contributed by atoms with E-state index < -0.39 is 29.1 Å². The minimum atomic E-state index is -1.17. The zero-order valence-electron chi connectivity index (χ0n) is 22.6. The lowest BCUT2D eigenvalue weighted by Gasteiger charge is -2.51. The Morgan fingerprint density at radius 2 is 1.74 bits per heavy atom. The van der Waals surface area contributed by atoms with Gasteiger partial charge in [0.2, 0.25) is 5.91 Å². The molecule has 4 rings (SSSR count). The number of hydrogen-bond acceptors (Lipinski definition) is 4. The number of pyridine rings is 1. The number of nitrogens with zero attached hydrogens (tertiary/aromatic N) is 2. The molecule has 4 atom stereocenters. The van der Waals surface area contributed by atoms with E-state index in [-0.39, 0.29) is 18.2 Å². The lowest BCUT2D eigenvalue weighted by atomic mass is 9.67. The molecule has 39 heavy (non-hydrogen) atoms. The molecule has 0 saturated carbocycles. The summed E-state index contributed by atoms with van der Waals surface area (Å²) in [6.07, 6.45) is 0.555. The first kappa shape index (κ1) is 29.1. The van der Waals surface area contributed by atoms with Gasteiger partial charge < -0.3 is 15.1 Å². The summed E-state index contributed by atoms with van der Waals surface area (Å²) < 4.78 is 0. The second-order valence-electron chi connectivity index (χ2n) is 11.1. The van der Waals surface area contributed by atoms with Crippen LogP contribution < -0.4 is 0 Å². The summed E-state index contributed by atoms with van der Waals surface area (Å²) >= 11 is 12.7. The summed E-state index contributed by atoms with van der Waals surface area (Å²) in [6.45, 7) is 7.05. The molecule has 2 N–H and O–H groups in total. The number of carboxylic acid groups (broad SMARTS) is 1. The van der Waals surface area contributed by atoms with Crippen LogP contribution in [0, 0.1) is 5.41 Å². The minimum Gasteiger partial charge on any atom is -0.481 e. The third-order valence-electron chi connectivity index (χ3n) is 7.59. The molecule has 0 bridgehead atoms. The zero-order valence-corrected chi connectivity index (χ0v) is 24.1. The third-order valence-corrected chi connectivity index (χ3v) is 8.08. The fourth-order valence-corrected chi connectivity index (χ4v) is 6.07. The number of halogens is 2. The van der Waals surface area contributed by atoms with Crippen molar-refractivity contribution in [2.24, 2.45) is 5.41 Å². The summed E-state index contributed by atoms with van der Waals surface area (Å²) in [5, 5.41) is 21.6. The van der Waals surface area contributed by atoms with Gasteiger partial charge in [0.1, 0.15) is 5.60 Å². The number of hydrogen-bond donors (Lipinski definition) is 2. The van der Waals surface area contributed by atoms with Gasteiger partial charge in [-0.1, -0.05) is 67.4 Å². The Morgan fingerprint density at radius 3 is 2.33 bits per heavy atom. The van der Waals surface area contributed by atoms with Crippen molar-refractivity contribution in [3.63, 3.8) is 0 Å². The molecule has 1 saturated heterocycles. The first-order valence-electron chi connectivity index (χ1n) is 13.1. The molecule has 206 valence electrons. The number of aliphatic hydroxyl groups is 1. The highest BCUT2D eigenvalue weighted by Crippen LogP contribution is 2.54. The van der Waals surface area contributed by atoms with Crippen molar-refractivity contribution in [2.45, 2.75) is 70.6 Å². The van der Waals surface area contributed by atoms with E-state index in [2.05, 4.69) is 0 Å². The third kappa shape index (κ3) is 6.13. The van der Waals surface area contributed by atoms with Gasteiger partial charge in [0.05, 0.1) is 35.3 Å². The van der Waals surface area contributed by atoms with Crippen molar-refractivity contribution in [3.8, 4) is 0 Å². The normalized spacial score (nSPS) is 22.5. The lowest BCUT2D eigenvalue weighted by molar-refractivity contribution is -0.161. The number of rotatable bonds is 8. The van der Waals surface area contributed by atoms with Gasteiger partial charge in [-0.05, 0) is 74.2 Å². The quantitative estimate of drug-likeness (QED) is 0.297. The summed E-state index contributed by atoms with van der Waals surface area (Å²) in [5.74, 6) is -1.53. The van der Waals surface area contributed by atoms with Crippen molar-refractivity contribution < 1.29 is 19.8 Å². The standard InChI is InChI=1S/C31H34Cl2N2O4/c1-5-25(24-10-7-11-26(34-24)30(2,3)39)35-28(19-12-14-21(32)15-13-19)23(20-8-6-9-22(33)16-20)17-31(4,29(35)38)18-27(36)37/h6-16,23,25,28,39H,5,17-18H2,1-4H3,(H,36,37)/t23-,25-,28-,31-/m1/s1. The van der Waals surface area contributed by atoms with Crippen molar-refractivity contribution in [2.75, 3.05) is 0 Å². The predicted octanol–water partition coefficient (Wildman–Crippen LogP) is 7.31. The molecule has 2 aromatic carbocycles. The van der Waals surface area contributed by atoms with Gasteiger partial charge in [-0.15, -0.1) is 0 Å². The highest BCUT2D eigenvalue weighted by atomic mass is 35.5. The molecule has 3 aromatic rings. The van der Waals surface area contributed by atoms with E-state index in [1.807, 2.05) is 54.3 Å². The van der Waals surface area contributed by atoms with Crippen molar-refractivity contribution >= 4 is 35.1 Å². The molecule has 8 heteroatoms. The van der Waals surface area contributed by atoms with Crippen LogP contribution in [0.25, 0.3) is 0 Å². The lowest BCUT2D eigenvalue weighted by Crippen LogP contribution is -2.53.